The van der Waals surface area contributed by atoms with E-state index in [1.165, 1.54) is 44.7 Å². The van der Waals surface area contributed by atoms with Gasteiger partial charge < -0.3 is 0 Å². The Morgan fingerprint density at radius 2 is 1.68 bits per heavy atom. The average Bonchev–Trinajstić information content (AvgIpc) is 2.47. The lowest BCUT2D eigenvalue weighted by atomic mass is 9.77. The molecule has 0 bridgehead atoms. The van der Waals surface area contributed by atoms with E-state index in [9.17, 15) is 13.6 Å². The van der Waals surface area contributed by atoms with Gasteiger partial charge in [-0.25, -0.2) is 8.78 Å². The van der Waals surface area contributed by atoms with Gasteiger partial charge in [0.2, 0.25) is 0 Å². The maximum absolute atomic E-state index is 13.9. The molecular formula is C19H26F2O. The molecule has 22 heavy (non-hydrogen) atoms. The summed E-state index contributed by atoms with van der Waals surface area (Å²) in [6.07, 6.45) is 9.40. The van der Waals surface area contributed by atoms with Gasteiger partial charge in [0.25, 0.3) is 0 Å². The zero-order chi connectivity index (χ0) is 16.1. The maximum Gasteiger partial charge on any atom is 0.165 e. The van der Waals surface area contributed by atoms with Crippen molar-refractivity contribution in [2.45, 2.75) is 71.1 Å². The molecule has 0 N–H and O–H groups in total. The molecule has 1 aliphatic rings. The number of halogens is 2. The summed E-state index contributed by atoms with van der Waals surface area (Å²) >= 11 is 0. The summed E-state index contributed by atoms with van der Waals surface area (Å²) in [5, 5.41) is 0. The number of carbonyl (C=O) groups excluding carboxylic acids is 1. The molecule has 0 heterocycles. The molecule has 0 unspecified atom stereocenters. The second kappa shape index (κ2) is 7.85. The number of Topliss-reactive ketones (excluding diaryl/α,β-unsaturated/α-hetero) is 1. The molecule has 0 spiro atoms. The molecule has 1 aromatic rings. The zero-order valence-electron chi connectivity index (χ0n) is 13.6. The van der Waals surface area contributed by atoms with Gasteiger partial charge in [-0.05, 0) is 62.1 Å². The Morgan fingerprint density at radius 3 is 2.18 bits per heavy atom. The first-order valence-corrected chi connectivity index (χ1v) is 8.52. The molecule has 3 heteroatoms. The van der Waals surface area contributed by atoms with Crippen molar-refractivity contribution in [2.75, 3.05) is 0 Å². The number of carbonyl (C=O) groups is 1. The number of hydrogen-bond donors (Lipinski definition) is 0. The number of benzene rings is 1. The predicted molar refractivity (Wildman–Crippen MR) is 85.2 cm³/mol. The van der Waals surface area contributed by atoms with E-state index in [1.54, 1.807) is 0 Å². The molecule has 0 amide bonds. The Bertz CT molecular complexity index is 493. The van der Waals surface area contributed by atoms with Crippen LogP contribution < -0.4 is 0 Å². The molecule has 0 radical (unpaired) electrons. The van der Waals surface area contributed by atoms with E-state index in [4.69, 9.17) is 0 Å². The van der Waals surface area contributed by atoms with E-state index < -0.39 is 23.0 Å². The van der Waals surface area contributed by atoms with Gasteiger partial charge in [0.1, 0.15) is 11.6 Å². The number of ketones is 1. The van der Waals surface area contributed by atoms with E-state index in [0.29, 0.717) is 5.56 Å². The molecule has 1 aliphatic carbocycles. The minimum absolute atomic E-state index is 0.229. The Kier molecular flexibility index (Phi) is 6.10. The third-order valence-electron chi connectivity index (χ3n) is 4.95. The Labute approximate surface area is 132 Å². The Morgan fingerprint density at radius 1 is 1.09 bits per heavy atom. The standard InChI is InChI=1S/C19H26F2O/c1-3-4-5-6-14-7-9-15(10-8-14)16-11-17(20)19(13(2)22)18(21)12-16/h11-12,14-15H,3-10H2,1-2H3. The fourth-order valence-electron chi connectivity index (χ4n) is 3.63. The van der Waals surface area contributed by atoms with Crippen LogP contribution in [0.2, 0.25) is 0 Å². The van der Waals surface area contributed by atoms with Crippen LogP contribution in [0, 0.1) is 17.6 Å². The highest BCUT2D eigenvalue weighted by Crippen LogP contribution is 2.38. The first-order chi connectivity index (χ1) is 10.5. The van der Waals surface area contributed by atoms with Crippen LogP contribution in [-0.4, -0.2) is 5.78 Å². The van der Waals surface area contributed by atoms with Gasteiger partial charge in [-0.2, -0.15) is 0 Å². The van der Waals surface area contributed by atoms with Crippen LogP contribution in [0.1, 0.15) is 87.1 Å². The van der Waals surface area contributed by atoms with Crippen molar-refractivity contribution in [3.63, 3.8) is 0 Å². The van der Waals surface area contributed by atoms with Crippen molar-refractivity contribution < 1.29 is 13.6 Å². The van der Waals surface area contributed by atoms with Gasteiger partial charge in [0.15, 0.2) is 5.78 Å². The summed E-state index contributed by atoms with van der Waals surface area (Å²) in [4.78, 5) is 11.3. The second-order valence-electron chi connectivity index (χ2n) is 6.63. The summed E-state index contributed by atoms with van der Waals surface area (Å²) in [6.45, 7) is 3.41. The van der Waals surface area contributed by atoms with Crippen LogP contribution in [0.4, 0.5) is 8.78 Å². The number of rotatable bonds is 6. The van der Waals surface area contributed by atoms with Crippen molar-refractivity contribution >= 4 is 5.78 Å². The first-order valence-electron chi connectivity index (χ1n) is 8.52. The smallest absolute Gasteiger partial charge is 0.165 e. The van der Waals surface area contributed by atoms with Crippen molar-refractivity contribution in [3.05, 3.63) is 34.9 Å². The molecule has 0 aliphatic heterocycles. The van der Waals surface area contributed by atoms with Gasteiger partial charge in [0.05, 0.1) is 5.56 Å². The van der Waals surface area contributed by atoms with Crippen molar-refractivity contribution in [1.29, 1.82) is 0 Å². The normalized spacial score (nSPS) is 21.8. The largest absolute Gasteiger partial charge is 0.294 e. The van der Waals surface area contributed by atoms with Gasteiger partial charge in [-0.15, -0.1) is 0 Å². The molecule has 1 fully saturated rings. The lowest BCUT2D eigenvalue weighted by Crippen LogP contribution is -2.14. The third kappa shape index (κ3) is 4.15. The minimum Gasteiger partial charge on any atom is -0.294 e. The number of hydrogen-bond acceptors (Lipinski definition) is 1. The predicted octanol–water partition coefficient (Wildman–Crippen LogP) is 6.02. The fraction of sp³-hybridized carbons (Fsp3) is 0.632. The third-order valence-corrected chi connectivity index (χ3v) is 4.95. The van der Waals surface area contributed by atoms with Crippen molar-refractivity contribution in [2.24, 2.45) is 5.92 Å². The van der Waals surface area contributed by atoms with Gasteiger partial charge in [0, 0.05) is 0 Å². The average molecular weight is 308 g/mol. The highest BCUT2D eigenvalue weighted by molar-refractivity contribution is 5.94. The van der Waals surface area contributed by atoms with E-state index in [2.05, 4.69) is 6.92 Å². The van der Waals surface area contributed by atoms with Crippen LogP contribution in [0.5, 0.6) is 0 Å². The first kappa shape index (κ1) is 17.1. The molecule has 2 rings (SSSR count). The van der Waals surface area contributed by atoms with E-state index >= 15 is 0 Å². The topological polar surface area (TPSA) is 17.1 Å². The molecular weight excluding hydrogens is 282 g/mol. The summed E-state index contributed by atoms with van der Waals surface area (Å²) in [6, 6.07) is 2.73. The molecule has 1 nitrogen and oxygen atoms in total. The van der Waals surface area contributed by atoms with Crippen molar-refractivity contribution in [3.8, 4) is 0 Å². The van der Waals surface area contributed by atoms with Crippen LogP contribution in [0.15, 0.2) is 12.1 Å². The quantitative estimate of drug-likeness (QED) is 0.464. The van der Waals surface area contributed by atoms with E-state index in [-0.39, 0.29) is 5.92 Å². The van der Waals surface area contributed by atoms with Crippen LogP contribution in [0.3, 0.4) is 0 Å². The molecule has 1 saturated carbocycles. The number of unbranched alkanes of at least 4 members (excludes halogenated alkanes) is 2. The SMILES string of the molecule is CCCCCC1CCC(c2cc(F)c(C(C)=O)c(F)c2)CC1. The highest BCUT2D eigenvalue weighted by Gasteiger charge is 2.24. The molecule has 0 atom stereocenters. The van der Waals surface area contributed by atoms with Gasteiger partial charge >= 0.3 is 0 Å². The monoisotopic (exact) mass is 308 g/mol. The molecule has 0 saturated heterocycles. The zero-order valence-corrected chi connectivity index (χ0v) is 13.6. The van der Waals surface area contributed by atoms with Gasteiger partial charge in [-0.3, -0.25) is 4.79 Å². The van der Waals surface area contributed by atoms with Gasteiger partial charge in [-0.1, -0.05) is 32.6 Å². The van der Waals surface area contributed by atoms with Crippen LogP contribution in [-0.2, 0) is 0 Å². The second-order valence-corrected chi connectivity index (χ2v) is 6.63. The fourth-order valence-corrected chi connectivity index (χ4v) is 3.63. The highest BCUT2D eigenvalue weighted by atomic mass is 19.1. The van der Waals surface area contributed by atoms with Crippen LogP contribution >= 0.6 is 0 Å². The van der Waals surface area contributed by atoms with Crippen molar-refractivity contribution in [1.82, 2.24) is 0 Å². The summed E-state index contributed by atoms with van der Waals surface area (Å²) in [7, 11) is 0. The summed E-state index contributed by atoms with van der Waals surface area (Å²) < 4.78 is 27.9. The van der Waals surface area contributed by atoms with E-state index in [0.717, 1.165) is 31.6 Å². The summed E-state index contributed by atoms with van der Waals surface area (Å²) in [5.41, 5.74) is 0.309. The molecule has 1 aromatic carbocycles. The maximum atomic E-state index is 13.9. The minimum atomic E-state index is -0.715. The molecule has 0 aromatic heterocycles. The lowest BCUT2D eigenvalue weighted by Gasteiger charge is -2.29. The van der Waals surface area contributed by atoms with E-state index in [1.807, 2.05) is 0 Å². The Balaban J connectivity index is 1.98. The Hall–Kier alpha value is -1.25. The lowest BCUT2D eigenvalue weighted by molar-refractivity contribution is 0.100. The van der Waals surface area contributed by atoms with Crippen LogP contribution in [0.25, 0.3) is 0 Å². The molecule has 122 valence electrons. The summed E-state index contributed by atoms with van der Waals surface area (Å²) in [5.74, 6) is -0.984.